The number of aryl methyl sites for hydroxylation is 1. The Morgan fingerprint density at radius 2 is 2.47 bits per heavy atom. The zero-order valence-corrected chi connectivity index (χ0v) is 11.6. The van der Waals surface area contributed by atoms with Gasteiger partial charge in [-0.05, 0) is 31.7 Å². The van der Waals surface area contributed by atoms with Crippen LogP contribution in [0, 0.1) is 5.92 Å². The van der Waals surface area contributed by atoms with Crippen molar-refractivity contribution in [3.8, 4) is 0 Å². The fourth-order valence-electron chi connectivity index (χ4n) is 2.59. The summed E-state index contributed by atoms with van der Waals surface area (Å²) >= 11 is 0. The number of amides is 1. The first-order chi connectivity index (χ1) is 9.29. The minimum Gasteiger partial charge on any atom is -0.355 e. The summed E-state index contributed by atoms with van der Waals surface area (Å²) in [5.74, 6) is 1.83. The number of nitrogens with one attached hydrogen (secondary N) is 3. The maximum Gasteiger partial charge on any atom is 0.237 e. The zero-order valence-electron chi connectivity index (χ0n) is 11.6. The van der Waals surface area contributed by atoms with E-state index >= 15 is 0 Å². The van der Waals surface area contributed by atoms with E-state index in [1.54, 1.807) is 6.20 Å². The fourth-order valence-corrected chi connectivity index (χ4v) is 2.59. The lowest BCUT2D eigenvalue weighted by molar-refractivity contribution is -0.124. The molecule has 1 aliphatic heterocycles. The Morgan fingerprint density at radius 3 is 3.21 bits per heavy atom. The summed E-state index contributed by atoms with van der Waals surface area (Å²) in [6.45, 7) is 3.88. The van der Waals surface area contributed by atoms with Crippen LogP contribution in [0.4, 0.5) is 0 Å². The number of carbonyl (C=O) groups excluding carboxylic acids is 1. The lowest BCUT2D eigenvalue weighted by Crippen LogP contribution is -2.48. The zero-order chi connectivity index (χ0) is 13.5. The number of carbonyl (C=O) groups is 1. The third-order valence-electron chi connectivity index (χ3n) is 3.85. The van der Waals surface area contributed by atoms with Gasteiger partial charge in [0.1, 0.15) is 5.82 Å². The van der Waals surface area contributed by atoms with Crippen molar-refractivity contribution in [3.05, 3.63) is 18.2 Å². The number of hydrogen-bond donors (Lipinski definition) is 3. The lowest BCUT2D eigenvalue weighted by atomic mass is 9.90. The molecule has 0 radical (unpaired) electrons. The average molecular weight is 264 g/mol. The minimum absolute atomic E-state index is 0.00214. The van der Waals surface area contributed by atoms with Gasteiger partial charge in [-0.25, -0.2) is 4.98 Å². The Bertz CT molecular complexity index is 377. The monoisotopic (exact) mass is 264 g/mol. The van der Waals surface area contributed by atoms with Crippen LogP contribution in [0.2, 0.25) is 0 Å². The van der Waals surface area contributed by atoms with E-state index in [-0.39, 0.29) is 11.9 Å². The van der Waals surface area contributed by atoms with Gasteiger partial charge in [0.25, 0.3) is 0 Å². The van der Waals surface area contributed by atoms with E-state index in [9.17, 15) is 4.79 Å². The summed E-state index contributed by atoms with van der Waals surface area (Å²) in [5, 5.41) is 6.32. The van der Waals surface area contributed by atoms with Crippen LogP contribution in [0.3, 0.4) is 0 Å². The summed E-state index contributed by atoms with van der Waals surface area (Å²) in [6, 6.07) is 0.00214. The van der Waals surface area contributed by atoms with Gasteiger partial charge < -0.3 is 15.6 Å². The third kappa shape index (κ3) is 4.35. The molecule has 2 unspecified atom stereocenters. The smallest absolute Gasteiger partial charge is 0.237 e. The predicted molar refractivity (Wildman–Crippen MR) is 74.7 cm³/mol. The molecule has 19 heavy (non-hydrogen) atoms. The summed E-state index contributed by atoms with van der Waals surface area (Å²) in [4.78, 5) is 19.3. The highest BCUT2D eigenvalue weighted by molar-refractivity contribution is 5.81. The summed E-state index contributed by atoms with van der Waals surface area (Å²) in [7, 11) is 0. The first kappa shape index (κ1) is 14.1. The van der Waals surface area contributed by atoms with Crippen LogP contribution in [-0.2, 0) is 11.2 Å². The Kier molecular flexibility index (Phi) is 5.39. The quantitative estimate of drug-likeness (QED) is 0.677. The fraction of sp³-hybridized carbons (Fsp3) is 0.714. The van der Waals surface area contributed by atoms with E-state index in [0.29, 0.717) is 12.5 Å². The topological polar surface area (TPSA) is 69.8 Å². The molecule has 1 amide bonds. The Hall–Kier alpha value is -1.36. The van der Waals surface area contributed by atoms with Crippen LogP contribution in [0.5, 0.6) is 0 Å². The Morgan fingerprint density at radius 1 is 1.58 bits per heavy atom. The number of hydrogen-bond acceptors (Lipinski definition) is 3. The third-order valence-corrected chi connectivity index (χ3v) is 3.85. The molecule has 1 saturated heterocycles. The number of aromatic nitrogens is 2. The molecule has 1 aromatic heterocycles. The van der Waals surface area contributed by atoms with Crippen LogP contribution in [0.25, 0.3) is 0 Å². The van der Waals surface area contributed by atoms with Gasteiger partial charge in [-0.3, -0.25) is 4.79 Å². The molecule has 2 atom stereocenters. The maximum absolute atomic E-state index is 12.0. The molecule has 1 fully saturated rings. The summed E-state index contributed by atoms with van der Waals surface area (Å²) in [5.41, 5.74) is 0. The number of H-pyrrole nitrogens is 1. The number of piperidine rings is 1. The van der Waals surface area contributed by atoms with E-state index in [1.807, 2.05) is 6.20 Å². The molecule has 5 heteroatoms. The highest BCUT2D eigenvalue weighted by Gasteiger charge is 2.25. The van der Waals surface area contributed by atoms with Gasteiger partial charge in [-0.2, -0.15) is 0 Å². The van der Waals surface area contributed by atoms with Crippen molar-refractivity contribution < 1.29 is 4.79 Å². The second-order valence-corrected chi connectivity index (χ2v) is 5.24. The highest BCUT2D eigenvalue weighted by atomic mass is 16.2. The van der Waals surface area contributed by atoms with Gasteiger partial charge in [0.2, 0.25) is 5.91 Å². The molecule has 106 valence electrons. The van der Waals surface area contributed by atoms with Crippen molar-refractivity contribution in [2.75, 3.05) is 13.1 Å². The van der Waals surface area contributed by atoms with Gasteiger partial charge in [-0.15, -0.1) is 0 Å². The molecule has 0 spiro atoms. The summed E-state index contributed by atoms with van der Waals surface area (Å²) < 4.78 is 0. The molecule has 1 aromatic rings. The van der Waals surface area contributed by atoms with Crippen LogP contribution in [-0.4, -0.2) is 35.0 Å². The molecule has 3 N–H and O–H groups in total. The first-order valence-electron chi connectivity index (χ1n) is 7.29. The number of rotatable bonds is 6. The van der Waals surface area contributed by atoms with E-state index in [4.69, 9.17) is 0 Å². The normalized spacial score (nSPS) is 23.2. The standard InChI is InChI=1S/C14H24N4O/c1-2-11-5-7-15-12(10-11)14(19)18-6-3-4-13-16-8-9-17-13/h8-9,11-12,15H,2-7,10H2,1H3,(H,16,17)(H,18,19). The van der Waals surface area contributed by atoms with Gasteiger partial charge in [0, 0.05) is 25.4 Å². The van der Waals surface area contributed by atoms with Gasteiger partial charge in [0.05, 0.1) is 6.04 Å². The maximum atomic E-state index is 12.0. The second-order valence-electron chi connectivity index (χ2n) is 5.24. The SMILES string of the molecule is CCC1CCNC(C(=O)NCCCc2ncc[nH]2)C1. The van der Waals surface area contributed by atoms with E-state index in [1.165, 1.54) is 12.8 Å². The molecule has 1 aliphatic rings. The average Bonchev–Trinajstić information content (AvgIpc) is 2.96. The number of aromatic amines is 1. The van der Waals surface area contributed by atoms with Gasteiger partial charge >= 0.3 is 0 Å². The Balaban J connectivity index is 1.63. The molecule has 0 saturated carbocycles. The second kappa shape index (κ2) is 7.28. The van der Waals surface area contributed by atoms with Crippen molar-refractivity contribution in [3.63, 3.8) is 0 Å². The molecule has 5 nitrogen and oxygen atoms in total. The first-order valence-corrected chi connectivity index (χ1v) is 7.29. The molecule has 0 aliphatic carbocycles. The lowest BCUT2D eigenvalue weighted by Gasteiger charge is -2.28. The van der Waals surface area contributed by atoms with Gasteiger partial charge in [-0.1, -0.05) is 13.3 Å². The van der Waals surface area contributed by atoms with Gasteiger partial charge in [0.15, 0.2) is 0 Å². The van der Waals surface area contributed by atoms with E-state index in [2.05, 4.69) is 27.5 Å². The molecule has 0 aromatic carbocycles. The van der Waals surface area contributed by atoms with E-state index < -0.39 is 0 Å². The largest absolute Gasteiger partial charge is 0.355 e. The number of nitrogens with zero attached hydrogens (tertiary/aromatic N) is 1. The van der Waals surface area contributed by atoms with Crippen LogP contribution < -0.4 is 10.6 Å². The van der Waals surface area contributed by atoms with E-state index in [0.717, 1.165) is 31.6 Å². The predicted octanol–water partition coefficient (Wildman–Crippen LogP) is 1.24. The van der Waals surface area contributed by atoms with Crippen molar-refractivity contribution in [1.82, 2.24) is 20.6 Å². The van der Waals surface area contributed by atoms with Crippen molar-refractivity contribution >= 4 is 5.91 Å². The summed E-state index contributed by atoms with van der Waals surface area (Å²) in [6.07, 6.45) is 8.71. The molecule has 0 bridgehead atoms. The van der Waals surface area contributed by atoms with Crippen molar-refractivity contribution in [2.24, 2.45) is 5.92 Å². The van der Waals surface area contributed by atoms with Crippen molar-refractivity contribution in [2.45, 2.75) is 45.1 Å². The number of imidazole rings is 1. The highest BCUT2D eigenvalue weighted by Crippen LogP contribution is 2.19. The van der Waals surface area contributed by atoms with Crippen LogP contribution in [0.1, 0.15) is 38.4 Å². The molecule has 2 heterocycles. The molecular formula is C14H24N4O. The Labute approximate surface area is 114 Å². The molecular weight excluding hydrogens is 240 g/mol. The van der Waals surface area contributed by atoms with Crippen LogP contribution >= 0.6 is 0 Å². The molecule has 2 rings (SSSR count). The minimum atomic E-state index is 0.00214. The van der Waals surface area contributed by atoms with Crippen molar-refractivity contribution in [1.29, 1.82) is 0 Å². The van der Waals surface area contributed by atoms with Crippen LogP contribution in [0.15, 0.2) is 12.4 Å².